The number of carbonyl (C=O) groups excluding carboxylic acids is 1. The van der Waals surface area contributed by atoms with Crippen LogP contribution in [0.4, 0.5) is 22.0 Å². The summed E-state index contributed by atoms with van der Waals surface area (Å²) in [7, 11) is 0. The first-order valence-electron chi connectivity index (χ1n) is 12.7. The number of hydrogen-bond donors (Lipinski definition) is 1. The van der Waals surface area contributed by atoms with Crippen LogP contribution in [0.3, 0.4) is 0 Å². The molecule has 8 heteroatoms. The van der Waals surface area contributed by atoms with E-state index in [2.05, 4.69) is 16.8 Å². The van der Waals surface area contributed by atoms with E-state index < -0.39 is 23.0 Å². The molecule has 0 bridgehead atoms. The largest absolute Gasteiger partial charge is 0.416 e. The molecule has 1 amide bonds. The van der Waals surface area contributed by atoms with E-state index >= 15 is 0 Å². The molecule has 1 aliphatic carbocycles. The Kier molecular flexibility index (Phi) is 8.07. The lowest BCUT2D eigenvalue weighted by Crippen LogP contribution is -2.43. The van der Waals surface area contributed by atoms with Crippen molar-refractivity contribution in [3.8, 4) is 0 Å². The van der Waals surface area contributed by atoms with Crippen molar-refractivity contribution >= 4 is 5.91 Å². The van der Waals surface area contributed by atoms with E-state index in [-0.39, 0.29) is 29.9 Å². The van der Waals surface area contributed by atoms with Crippen molar-refractivity contribution in [3.63, 3.8) is 0 Å². The van der Waals surface area contributed by atoms with Gasteiger partial charge in [0.05, 0.1) is 11.0 Å². The Balaban J connectivity index is 1.39. The van der Waals surface area contributed by atoms with Crippen molar-refractivity contribution in [1.82, 2.24) is 10.2 Å². The molecule has 2 aromatic rings. The smallest absolute Gasteiger partial charge is 0.352 e. The van der Waals surface area contributed by atoms with Gasteiger partial charge in [0.25, 0.3) is 0 Å². The number of piperidine rings is 1. The molecule has 2 aliphatic rings. The molecule has 1 aliphatic heterocycles. The van der Waals surface area contributed by atoms with Gasteiger partial charge in [0.15, 0.2) is 0 Å². The van der Waals surface area contributed by atoms with Crippen LogP contribution < -0.4 is 5.32 Å². The van der Waals surface area contributed by atoms with Gasteiger partial charge in [-0.15, -0.1) is 6.58 Å². The molecule has 4 rings (SSSR count). The average Bonchev–Trinajstić information content (AvgIpc) is 3.27. The predicted octanol–water partition coefficient (Wildman–Crippen LogP) is 6.98. The summed E-state index contributed by atoms with van der Waals surface area (Å²) in [5.41, 5.74) is 0.331. The summed E-state index contributed by atoms with van der Waals surface area (Å²) in [5, 5.41) is 2.79. The van der Waals surface area contributed by atoms with E-state index in [1.54, 1.807) is 0 Å². The average molecular weight is 521 g/mol. The van der Waals surface area contributed by atoms with E-state index in [9.17, 15) is 26.7 Å². The minimum Gasteiger partial charge on any atom is -0.352 e. The Morgan fingerprint density at radius 3 is 2.35 bits per heavy atom. The molecule has 1 saturated carbocycles. The van der Waals surface area contributed by atoms with E-state index in [1.807, 2.05) is 19.1 Å². The fraction of sp³-hybridized carbons (Fsp3) is 0.483. The topological polar surface area (TPSA) is 32.3 Å². The second-order valence-electron chi connectivity index (χ2n) is 10.7. The summed E-state index contributed by atoms with van der Waals surface area (Å²) < 4.78 is 66.3. The van der Waals surface area contributed by atoms with Crippen molar-refractivity contribution in [2.45, 2.75) is 70.1 Å². The fourth-order valence-corrected chi connectivity index (χ4v) is 6.05. The van der Waals surface area contributed by atoms with E-state index in [0.717, 1.165) is 55.6 Å². The van der Waals surface area contributed by atoms with Crippen LogP contribution in [-0.4, -0.2) is 29.9 Å². The summed E-state index contributed by atoms with van der Waals surface area (Å²) in [6.07, 6.45) is -0.0931. The molecule has 37 heavy (non-hydrogen) atoms. The molecule has 2 fully saturated rings. The number of benzene rings is 2. The van der Waals surface area contributed by atoms with Crippen molar-refractivity contribution in [2.75, 3.05) is 13.1 Å². The number of alkyl halides is 3. The fourth-order valence-electron chi connectivity index (χ4n) is 6.05. The highest BCUT2D eigenvalue weighted by molar-refractivity contribution is 5.83. The third kappa shape index (κ3) is 6.58. The zero-order valence-electron chi connectivity index (χ0n) is 21.0. The first-order valence-corrected chi connectivity index (χ1v) is 12.7. The molecular formula is C29H33F5N2O. The molecule has 0 spiro atoms. The first-order chi connectivity index (χ1) is 17.4. The van der Waals surface area contributed by atoms with Crippen molar-refractivity contribution < 1.29 is 26.7 Å². The van der Waals surface area contributed by atoms with E-state index in [1.165, 1.54) is 12.1 Å². The molecule has 1 heterocycles. The van der Waals surface area contributed by atoms with Crippen LogP contribution in [0.25, 0.3) is 0 Å². The van der Waals surface area contributed by atoms with Gasteiger partial charge in [-0.25, -0.2) is 8.78 Å². The SMILES string of the molecule is C=C(C)C[C@]1(C(=O)NCc2cc(F)cc(C(F)(F)F)c2)CC[C@@H](N2CCC(c3ccc(F)cc3)CC2)C1. The molecule has 3 nitrogen and oxygen atoms in total. The van der Waals surface area contributed by atoms with Crippen LogP contribution in [0.5, 0.6) is 0 Å². The third-order valence-electron chi connectivity index (χ3n) is 7.83. The number of carbonyl (C=O) groups is 1. The van der Waals surface area contributed by atoms with Crippen LogP contribution in [-0.2, 0) is 17.5 Å². The maximum Gasteiger partial charge on any atom is 0.416 e. The van der Waals surface area contributed by atoms with Crippen LogP contribution in [0.15, 0.2) is 54.6 Å². The van der Waals surface area contributed by atoms with Crippen LogP contribution in [0.1, 0.15) is 68.1 Å². The summed E-state index contributed by atoms with van der Waals surface area (Å²) in [6.45, 7) is 7.49. The Hall–Kier alpha value is -2.74. The minimum absolute atomic E-state index is 0.0727. The van der Waals surface area contributed by atoms with Gasteiger partial charge in [0.2, 0.25) is 5.91 Å². The summed E-state index contributed by atoms with van der Waals surface area (Å²) in [4.78, 5) is 15.8. The zero-order valence-corrected chi connectivity index (χ0v) is 21.0. The Labute approximate surface area is 214 Å². The number of rotatable bonds is 7. The van der Waals surface area contributed by atoms with Gasteiger partial charge < -0.3 is 10.2 Å². The monoisotopic (exact) mass is 520 g/mol. The molecule has 2 aromatic carbocycles. The highest BCUT2D eigenvalue weighted by Gasteiger charge is 2.47. The van der Waals surface area contributed by atoms with Crippen LogP contribution in [0, 0.1) is 17.0 Å². The molecular weight excluding hydrogens is 487 g/mol. The normalized spacial score (nSPS) is 23.2. The van der Waals surface area contributed by atoms with Gasteiger partial charge >= 0.3 is 6.18 Å². The molecule has 0 unspecified atom stereocenters. The summed E-state index contributed by atoms with van der Waals surface area (Å²) in [5.74, 6) is -1.07. The van der Waals surface area contributed by atoms with Gasteiger partial charge in [-0.3, -0.25) is 4.79 Å². The Morgan fingerprint density at radius 2 is 1.73 bits per heavy atom. The first kappa shape index (κ1) is 27.3. The molecule has 1 N–H and O–H groups in total. The second kappa shape index (κ2) is 10.9. The zero-order chi connectivity index (χ0) is 26.8. The standard InChI is InChI=1S/C29H33F5N2O/c1-19(2)16-28(27(37)35-18-20-13-23(29(32,33)34)15-25(31)14-20)10-7-26(17-28)36-11-8-22(9-12-36)21-3-5-24(30)6-4-21/h3-6,13-15,22,26H,1,7-12,16-18H2,2H3,(H,35,37)/t26-,28-/m1/s1. The lowest BCUT2D eigenvalue weighted by molar-refractivity contribution is -0.137. The molecule has 200 valence electrons. The molecule has 0 radical (unpaired) electrons. The van der Waals surface area contributed by atoms with Gasteiger partial charge in [-0.2, -0.15) is 13.2 Å². The highest BCUT2D eigenvalue weighted by atomic mass is 19.4. The second-order valence-corrected chi connectivity index (χ2v) is 10.7. The van der Waals surface area contributed by atoms with Crippen molar-refractivity contribution in [1.29, 1.82) is 0 Å². The van der Waals surface area contributed by atoms with Crippen molar-refractivity contribution in [2.24, 2.45) is 5.41 Å². The van der Waals surface area contributed by atoms with Gasteiger partial charge in [0.1, 0.15) is 11.6 Å². The number of likely N-dealkylation sites (tertiary alicyclic amines) is 1. The minimum atomic E-state index is -4.66. The maximum absolute atomic E-state index is 13.8. The van der Waals surface area contributed by atoms with Crippen molar-refractivity contribution in [3.05, 3.63) is 82.9 Å². The van der Waals surface area contributed by atoms with E-state index in [0.29, 0.717) is 31.2 Å². The summed E-state index contributed by atoms with van der Waals surface area (Å²) >= 11 is 0. The van der Waals surface area contributed by atoms with Crippen LogP contribution in [0.2, 0.25) is 0 Å². The van der Waals surface area contributed by atoms with E-state index in [4.69, 9.17) is 0 Å². The third-order valence-corrected chi connectivity index (χ3v) is 7.83. The number of nitrogens with zero attached hydrogens (tertiary/aromatic N) is 1. The molecule has 2 atom stereocenters. The molecule has 1 saturated heterocycles. The van der Waals surface area contributed by atoms with Gasteiger partial charge in [-0.05, 0) is 106 Å². The summed E-state index contributed by atoms with van der Waals surface area (Å²) in [6, 6.07) is 9.27. The quantitative estimate of drug-likeness (QED) is 0.315. The molecule has 0 aromatic heterocycles. The predicted molar refractivity (Wildman–Crippen MR) is 133 cm³/mol. The van der Waals surface area contributed by atoms with Gasteiger partial charge in [0, 0.05) is 12.6 Å². The number of nitrogens with one attached hydrogen (secondary N) is 1. The Bertz CT molecular complexity index is 1120. The number of allylic oxidation sites excluding steroid dienone is 1. The number of hydrogen-bond acceptors (Lipinski definition) is 2. The van der Waals surface area contributed by atoms with Crippen LogP contribution >= 0.6 is 0 Å². The Morgan fingerprint density at radius 1 is 1.05 bits per heavy atom. The maximum atomic E-state index is 13.8. The highest BCUT2D eigenvalue weighted by Crippen LogP contribution is 2.46. The lowest BCUT2D eigenvalue weighted by Gasteiger charge is -2.37. The number of halogens is 5. The lowest BCUT2D eigenvalue weighted by atomic mass is 9.79. The number of amides is 1. The van der Waals surface area contributed by atoms with Gasteiger partial charge in [-0.1, -0.05) is 17.7 Å².